The van der Waals surface area contributed by atoms with Crippen molar-refractivity contribution in [1.82, 2.24) is 9.97 Å². The molecule has 2 heterocycles. The van der Waals surface area contributed by atoms with Crippen molar-refractivity contribution >= 4 is 17.4 Å². The van der Waals surface area contributed by atoms with Crippen molar-refractivity contribution in [2.45, 2.75) is 26.3 Å². The van der Waals surface area contributed by atoms with Crippen LogP contribution in [0.5, 0.6) is 0 Å². The first-order chi connectivity index (χ1) is 10.6. The highest BCUT2D eigenvalue weighted by Crippen LogP contribution is 2.35. The lowest BCUT2D eigenvalue weighted by atomic mass is 9.92. The molecule has 0 radical (unpaired) electrons. The number of fused-ring (bicyclic) bond motifs is 1. The van der Waals surface area contributed by atoms with Gasteiger partial charge in [-0.05, 0) is 43.0 Å². The predicted octanol–water partition coefficient (Wildman–Crippen LogP) is 3.50. The predicted molar refractivity (Wildman–Crippen MR) is 88.6 cm³/mol. The topological polar surface area (TPSA) is 38.2 Å². The van der Waals surface area contributed by atoms with E-state index in [0.29, 0.717) is 11.9 Å². The highest BCUT2D eigenvalue weighted by Gasteiger charge is 2.29. The van der Waals surface area contributed by atoms with Crippen LogP contribution in [0.4, 0.5) is 5.82 Å². The first kappa shape index (κ1) is 15.3. The van der Waals surface area contributed by atoms with Crippen LogP contribution >= 0.6 is 11.6 Å². The van der Waals surface area contributed by atoms with E-state index >= 15 is 0 Å². The zero-order chi connectivity index (χ0) is 15.7. The first-order valence-corrected chi connectivity index (χ1v) is 7.83. The third-order valence-electron chi connectivity index (χ3n) is 4.35. The van der Waals surface area contributed by atoms with Crippen LogP contribution in [-0.4, -0.2) is 30.2 Å². The van der Waals surface area contributed by atoms with Gasteiger partial charge in [0.1, 0.15) is 5.82 Å². The smallest absolute Gasteiger partial charge is 0.224 e. The van der Waals surface area contributed by atoms with E-state index in [1.165, 1.54) is 11.1 Å². The molecule has 0 fully saturated rings. The van der Waals surface area contributed by atoms with Gasteiger partial charge in [0.05, 0.1) is 12.6 Å². The molecule has 0 saturated heterocycles. The Labute approximate surface area is 136 Å². The standard InChI is InChI=1S/C17H20ClN3O/c1-11-12(2)19-17(18)20-16(11)21-9-8-13-6-4-5-7-14(13)15(21)10-22-3/h4-7,15H,8-10H2,1-3H3. The van der Waals surface area contributed by atoms with Gasteiger partial charge in [0.25, 0.3) is 0 Å². The Morgan fingerprint density at radius 2 is 2.05 bits per heavy atom. The maximum absolute atomic E-state index is 6.09. The Morgan fingerprint density at radius 3 is 2.82 bits per heavy atom. The Morgan fingerprint density at radius 1 is 1.27 bits per heavy atom. The molecule has 0 saturated carbocycles. The lowest BCUT2D eigenvalue weighted by Crippen LogP contribution is -2.39. The quantitative estimate of drug-likeness (QED) is 0.812. The van der Waals surface area contributed by atoms with Gasteiger partial charge in [-0.1, -0.05) is 24.3 Å². The number of aryl methyl sites for hydroxylation is 1. The summed E-state index contributed by atoms with van der Waals surface area (Å²) in [7, 11) is 1.74. The van der Waals surface area contributed by atoms with Crippen LogP contribution in [-0.2, 0) is 11.2 Å². The molecule has 0 aliphatic carbocycles. The molecule has 4 nitrogen and oxygen atoms in total. The normalized spacial score (nSPS) is 17.5. The second-order valence-electron chi connectivity index (χ2n) is 5.64. The summed E-state index contributed by atoms with van der Waals surface area (Å²) in [6.45, 7) is 5.54. The van der Waals surface area contributed by atoms with Gasteiger partial charge in [-0.3, -0.25) is 0 Å². The number of ether oxygens (including phenoxy) is 1. The number of nitrogens with zero attached hydrogens (tertiary/aromatic N) is 3. The summed E-state index contributed by atoms with van der Waals surface area (Å²) in [5.41, 5.74) is 4.69. The van der Waals surface area contributed by atoms with Crippen LogP contribution < -0.4 is 4.90 Å². The molecule has 22 heavy (non-hydrogen) atoms. The molecule has 3 rings (SSSR count). The molecule has 5 heteroatoms. The van der Waals surface area contributed by atoms with Crippen molar-refractivity contribution in [2.24, 2.45) is 0 Å². The molecule has 0 amide bonds. The zero-order valence-electron chi connectivity index (χ0n) is 13.1. The van der Waals surface area contributed by atoms with Gasteiger partial charge in [0.15, 0.2) is 0 Å². The summed E-state index contributed by atoms with van der Waals surface area (Å²) in [6, 6.07) is 8.70. The molecular formula is C17H20ClN3O. The molecule has 0 bridgehead atoms. The van der Waals surface area contributed by atoms with Gasteiger partial charge in [-0.15, -0.1) is 0 Å². The van der Waals surface area contributed by atoms with Gasteiger partial charge < -0.3 is 9.64 Å². The molecule has 1 aromatic carbocycles. The summed E-state index contributed by atoms with van der Waals surface area (Å²) in [4.78, 5) is 11.0. The minimum atomic E-state index is 0.152. The minimum Gasteiger partial charge on any atom is -0.382 e. The summed E-state index contributed by atoms with van der Waals surface area (Å²) in [5, 5.41) is 0.299. The van der Waals surface area contributed by atoms with E-state index in [0.717, 1.165) is 30.0 Å². The highest BCUT2D eigenvalue weighted by atomic mass is 35.5. The second kappa shape index (κ2) is 6.23. The third kappa shape index (κ3) is 2.69. The molecule has 116 valence electrons. The fourth-order valence-electron chi connectivity index (χ4n) is 3.10. The van der Waals surface area contributed by atoms with Crippen molar-refractivity contribution in [3.63, 3.8) is 0 Å². The van der Waals surface area contributed by atoms with E-state index in [9.17, 15) is 0 Å². The average Bonchev–Trinajstić information content (AvgIpc) is 2.52. The Balaban J connectivity index is 2.07. The van der Waals surface area contributed by atoms with Gasteiger partial charge in [0.2, 0.25) is 5.28 Å². The lowest BCUT2D eigenvalue weighted by Gasteiger charge is -2.38. The SMILES string of the molecule is COCC1c2ccccc2CCN1c1nc(Cl)nc(C)c1C. The van der Waals surface area contributed by atoms with Gasteiger partial charge in [-0.2, -0.15) is 0 Å². The highest BCUT2D eigenvalue weighted by molar-refractivity contribution is 6.28. The number of methoxy groups -OCH3 is 1. The molecule has 0 spiro atoms. The van der Waals surface area contributed by atoms with Crippen molar-refractivity contribution in [3.05, 3.63) is 51.9 Å². The summed E-state index contributed by atoms with van der Waals surface area (Å²) in [6.07, 6.45) is 0.997. The minimum absolute atomic E-state index is 0.152. The average molecular weight is 318 g/mol. The Bertz CT molecular complexity index is 690. The number of anilines is 1. The van der Waals surface area contributed by atoms with Crippen LogP contribution in [0.25, 0.3) is 0 Å². The molecule has 1 atom stereocenters. The molecule has 2 aromatic rings. The Hall–Kier alpha value is -1.65. The number of hydrogen-bond donors (Lipinski definition) is 0. The monoisotopic (exact) mass is 317 g/mol. The van der Waals surface area contributed by atoms with Gasteiger partial charge >= 0.3 is 0 Å². The van der Waals surface area contributed by atoms with Gasteiger partial charge in [-0.25, -0.2) is 9.97 Å². The molecule has 0 N–H and O–H groups in total. The number of halogens is 1. The maximum Gasteiger partial charge on any atom is 0.224 e. The van der Waals surface area contributed by atoms with E-state index < -0.39 is 0 Å². The molecule has 1 aliphatic rings. The third-order valence-corrected chi connectivity index (χ3v) is 4.51. The Kier molecular flexibility index (Phi) is 4.32. The van der Waals surface area contributed by atoms with Crippen LogP contribution in [0.3, 0.4) is 0 Å². The van der Waals surface area contributed by atoms with E-state index in [2.05, 4.69) is 39.1 Å². The summed E-state index contributed by atoms with van der Waals surface area (Å²) in [5.74, 6) is 0.911. The summed E-state index contributed by atoms with van der Waals surface area (Å²) < 4.78 is 5.47. The van der Waals surface area contributed by atoms with Crippen molar-refractivity contribution in [3.8, 4) is 0 Å². The van der Waals surface area contributed by atoms with Crippen molar-refractivity contribution in [2.75, 3.05) is 25.2 Å². The zero-order valence-corrected chi connectivity index (χ0v) is 13.9. The fourth-order valence-corrected chi connectivity index (χ4v) is 3.31. The van der Waals surface area contributed by atoms with Crippen molar-refractivity contribution in [1.29, 1.82) is 0 Å². The van der Waals surface area contributed by atoms with Crippen LogP contribution in [0.15, 0.2) is 24.3 Å². The first-order valence-electron chi connectivity index (χ1n) is 7.46. The molecule has 1 aromatic heterocycles. The van der Waals surface area contributed by atoms with Crippen LogP contribution in [0.2, 0.25) is 5.28 Å². The fraction of sp³-hybridized carbons (Fsp3) is 0.412. The molecule has 1 aliphatic heterocycles. The second-order valence-corrected chi connectivity index (χ2v) is 5.98. The number of hydrogen-bond acceptors (Lipinski definition) is 4. The van der Waals surface area contributed by atoms with Crippen LogP contribution in [0, 0.1) is 13.8 Å². The largest absolute Gasteiger partial charge is 0.382 e. The summed E-state index contributed by atoms with van der Waals surface area (Å²) >= 11 is 6.09. The van der Waals surface area contributed by atoms with Crippen LogP contribution in [0.1, 0.15) is 28.4 Å². The lowest BCUT2D eigenvalue weighted by molar-refractivity contribution is 0.174. The van der Waals surface area contributed by atoms with Crippen molar-refractivity contribution < 1.29 is 4.74 Å². The molecule has 1 unspecified atom stereocenters. The molecular weight excluding hydrogens is 298 g/mol. The number of aromatic nitrogens is 2. The number of benzene rings is 1. The van der Waals surface area contributed by atoms with E-state index in [1.807, 2.05) is 13.8 Å². The van der Waals surface area contributed by atoms with Gasteiger partial charge in [0, 0.05) is 24.9 Å². The van der Waals surface area contributed by atoms with E-state index in [1.54, 1.807) is 7.11 Å². The maximum atomic E-state index is 6.09. The van der Waals surface area contributed by atoms with E-state index in [4.69, 9.17) is 16.3 Å². The number of rotatable bonds is 3. The van der Waals surface area contributed by atoms with E-state index in [-0.39, 0.29) is 6.04 Å².